The second-order valence-electron chi connectivity index (χ2n) is 3.31. The van der Waals surface area contributed by atoms with Crippen LogP contribution in [0.5, 0.6) is 0 Å². The van der Waals surface area contributed by atoms with E-state index in [9.17, 15) is 0 Å². The van der Waals surface area contributed by atoms with Gasteiger partial charge in [-0.25, -0.2) is 0 Å². The molecule has 3 heteroatoms. The van der Waals surface area contributed by atoms with Crippen LogP contribution in [0.25, 0.3) is 10.9 Å². The van der Waals surface area contributed by atoms with Gasteiger partial charge in [0, 0.05) is 30.3 Å². The first kappa shape index (κ1) is 9.24. The predicted octanol–water partition coefficient (Wildman–Crippen LogP) is 1.22. The summed E-state index contributed by atoms with van der Waals surface area (Å²) in [5, 5.41) is 4.43. The van der Waals surface area contributed by atoms with Gasteiger partial charge in [-0.3, -0.25) is 0 Å². The van der Waals surface area contributed by atoms with E-state index in [0.717, 1.165) is 13.0 Å². The van der Waals surface area contributed by atoms with Gasteiger partial charge in [-0.05, 0) is 18.1 Å². The van der Waals surface area contributed by atoms with E-state index in [4.69, 9.17) is 5.73 Å². The van der Waals surface area contributed by atoms with Crippen LogP contribution in [0, 0.1) is 0 Å². The molecule has 2 aromatic rings. The first-order valence-electron chi connectivity index (χ1n) is 4.87. The first-order valence-corrected chi connectivity index (χ1v) is 4.87. The molecule has 0 spiro atoms. The van der Waals surface area contributed by atoms with Gasteiger partial charge >= 0.3 is 0 Å². The SMILES string of the molecule is NCNCCc1c[nH]c2ccccc12. The lowest BCUT2D eigenvalue weighted by Crippen LogP contribution is -2.24. The maximum Gasteiger partial charge on any atom is 0.0456 e. The standard InChI is InChI=1S/C11H15N3/c12-8-13-6-5-9-7-14-11-4-2-1-3-10(9)11/h1-4,7,13-14H,5-6,8,12H2. The van der Waals surface area contributed by atoms with Gasteiger partial charge in [-0.1, -0.05) is 18.2 Å². The molecule has 2 rings (SSSR count). The molecule has 3 nitrogen and oxygen atoms in total. The molecule has 0 amide bonds. The van der Waals surface area contributed by atoms with Crippen LogP contribution >= 0.6 is 0 Å². The normalized spacial score (nSPS) is 10.9. The number of aromatic amines is 1. The highest BCUT2D eigenvalue weighted by atomic mass is 14.9. The molecule has 1 aromatic carbocycles. The van der Waals surface area contributed by atoms with Crippen LogP contribution in [-0.4, -0.2) is 18.2 Å². The lowest BCUT2D eigenvalue weighted by molar-refractivity contribution is 0.703. The fourth-order valence-corrected chi connectivity index (χ4v) is 1.66. The Kier molecular flexibility index (Phi) is 2.81. The molecule has 4 N–H and O–H groups in total. The lowest BCUT2D eigenvalue weighted by Gasteiger charge is -1.99. The second kappa shape index (κ2) is 4.26. The van der Waals surface area contributed by atoms with Gasteiger partial charge in [-0.15, -0.1) is 0 Å². The van der Waals surface area contributed by atoms with E-state index in [0.29, 0.717) is 6.67 Å². The van der Waals surface area contributed by atoms with Gasteiger partial charge in [0.2, 0.25) is 0 Å². The Morgan fingerprint density at radius 3 is 3.00 bits per heavy atom. The van der Waals surface area contributed by atoms with Crippen LogP contribution < -0.4 is 11.1 Å². The third kappa shape index (κ3) is 1.78. The van der Waals surface area contributed by atoms with Crippen LogP contribution in [0.4, 0.5) is 0 Å². The monoisotopic (exact) mass is 189 g/mol. The largest absolute Gasteiger partial charge is 0.361 e. The van der Waals surface area contributed by atoms with Gasteiger partial charge < -0.3 is 16.0 Å². The third-order valence-corrected chi connectivity index (χ3v) is 2.39. The number of benzene rings is 1. The molecule has 0 radical (unpaired) electrons. The average molecular weight is 189 g/mol. The Labute approximate surface area is 83.3 Å². The van der Waals surface area contributed by atoms with Gasteiger partial charge in [0.25, 0.3) is 0 Å². The average Bonchev–Trinajstić information content (AvgIpc) is 2.63. The molecule has 0 aliphatic carbocycles. The van der Waals surface area contributed by atoms with Crippen LogP contribution in [0.2, 0.25) is 0 Å². The summed E-state index contributed by atoms with van der Waals surface area (Å²) < 4.78 is 0. The molecule has 0 aliphatic rings. The number of hydrogen-bond acceptors (Lipinski definition) is 2. The topological polar surface area (TPSA) is 53.8 Å². The summed E-state index contributed by atoms with van der Waals surface area (Å²) >= 11 is 0. The van der Waals surface area contributed by atoms with Crippen molar-refractivity contribution in [2.75, 3.05) is 13.2 Å². The van der Waals surface area contributed by atoms with Gasteiger partial charge in [0.15, 0.2) is 0 Å². The van der Waals surface area contributed by atoms with Crippen LogP contribution in [0.1, 0.15) is 5.56 Å². The quantitative estimate of drug-likeness (QED) is 0.500. The number of nitrogens with one attached hydrogen (secondary N) is 2. The van der Waals surface area contributed by atoms with E-state index in [2.05, 4.69) is 34.7 Å². The third-order valence-electron chi connectivity index (χ3n) is 2.39. The van der Waals surface area contributed by atoms with Crippen molar-refractivity contribution in [3.05, 3.63) is 36.0 Å². The number of nitrogens with two attached hydrogens (primary N) is 1. The summed E-state index contributed by atoms with van der Waals surface area (Å²) in [6.07, 6.45) is 3.09. The number of rotatable bonds is 4. The minimum Gasteiger partial charge on any atom is -0.361 e. The summed E-state index contributed by atoms with van der Waals surface area (Å²) in [6, 6.07) is 8.34. The van der Waals surface area contributed by atoms with Gasteiger partial charge in [-0.2, -0.15) is 0 Å². The smallest absolute Gasteiger partial charge is 0.0456 e. The Hall–Kier alpha value is -1.32. The van der Waals surface area contributed by atoms with Crippen LogP contribution in [0.15, 0.2) is 30.5 Å². The number of aromatic nitrogens is 1. The lowest BCUT2D eigenvalue weighted by atomic mass is 10.1. The summed E-state index contributed by atoms with van der Waals surface area (Å²) in [5.74, 6) is 0. The molecule has 1 aromatic heterocycles. The predicted molar refractivity (Wildman–Crippen MR) is 59.1 cm³/mol. The zero-order valence-corrected chi connectivity index (χ0v) is 8.09. The van der Waals surface area contributed by atoms with Crippen molar-refractivity contribution in [1.29, 1.82) is 0 Å². The van der Waals surface area contributed by atoms with Gasteiger partial charge in [0.1, 0.15) is 0 Å². The number of para-hydroxylation sites is 1. The summed E-state index contributed by atoms with van der Waals surface area (Å²) in [6.45, 7) is 1.47. The Bertz CT molecular complexity index is 406. The minimum atomic E-state index is 0.544. The van der Waals surface area contributed by atoms with E-state index >= 15 is 0 Å². The minimum absolute atomic E-state index is 0.544. The van der Waals surface area contributed by atoms with E-state index in [1.807, 2.05) is 6.07 Å². The van der Waals surface area contributed by atoms with Crippen molar-refractivity contribution < 1.29 is 0 Å². The highest BCUT2D eigenvalue weighted by molar-refractivity contribution is 5.83. The van der Waals surface area contributed by atoms with Crippen molar-refractivity contribution in [2.24, 2.45) is 5.73 Å². The summed E-state index contributed by atoms with van der Waals surface area (Å²) in [4.78, 5) is 3.26. The number of fused-ring (bicyclic) bond motifs is 1. The van der Waals surface area contributed by atoms with E-state index in [-0.39, 0.29) is 0 Å². The maximum atomic E-state index is 5.36. The second-order valence-corrected chi connectivity index (χ2v) is 3.31. The number of H-pyrrole nitrogens is 1. The molecule has 0 unspecified atom stereocenters. The Morgan fingerprint density at radius 2 is 2.14 bits per heavy atom. The van der Waals surface area contributed by atoms with Crippen LogP contribution in [0.3, 0.4) is 0 Å². The summed E-state index contributed by atoms with van der Waals surface area (Å²) in [7, 11) is 0. The maximum absolute atomic E-state index is 5.36. The molecule has 14 heavy (non-hydrogen) atoms. The molecule has 0 saturated heterocycles. The molecule has 0 atom stereocenters. The first-order chi connectivity index (χ1) is 6.92. The van der Waals surface area contributed by atoms with Crippen molar-refractivity contribution in [1.82, 2.24) is 10.3 Å². The Morgan fingerprint density at radius 1 is 1.29 bits per heavy atom. The molecule has 1 heterocycles. The van der Waals surface area contributed by atoms with Crippen LogP contribution in [-0.2, 0) is 6.42 Å². The number of hydrogen-bond donors (Lipinski definition) is 3. The van der Waals surface area contributed by atoms with Crippen molar-refractivity contribution in [3.63, 3.8) is 0 Å². The zero-order valence-electron chi connectivity index (χ0n) is 8.09. The molecule has 0 bridgehead atoms. The molecule has 0 fully saturated rings. The van der Waals surface area contributed by atoms with Crippen molar-refractivity contribution in [3.8, 4) is 0 Å². The molecular formula is C11H15N3. The van der Waals surface area contributed by atoms with E-state index < -0.39 is 0 Å². The van der Waals surface area contributed by atoms with E-state index in [1.54, 1.807) is 0 Å². The zero-order chi connectivity index (χ0) is 9.80. The molecular weight excluding hydrogens is 174 g/mol. The van der Waals surface area contributed by atoms with Crippen molar-refractivity contribution in [2.45, 2.75) is 6.42 Å². The van der Waals surface area contributed by atoms with E-state index in [1.165, 1.54) is 16.5 Å². The molecule has 74 valence electrons. The highest BCUT2D eigenvalue weighted by Gasteiger charge is 2.01. The summed E-state index contributed by atoms with van der Waals surface area (Å²) in [5.41, 5.74) is 7.91. The Balaban J connectivity index is 2.17. The fourth-order valence-electron chi connectivity index (χ4n) is 1.66. The molecule has 0 aliphatic heterocycles. The molecule has 0 saturated carbocycles. The van der Waals surface area contributed by atoms with Crippen molar-refractivity contribution >= 4 is 10.9 Å². The van der Waals surface area contributed by atoms with Gasteiger partial charge in [0.05, 0.1) is 0 Å². The fraction of sp³-hybridized carbons (Fsp3) is 0.273. The highest BCUT2D eigenvalue weighted by Crippen LogP contribution is 2.17.